The van der Waals surface area contributed by atoms with Gasteiger partial charge in [0.2, 0.25) is 0 Å². The van der Waals surface area contributed by atoms with E-state index in [2.05, 4.69) is 23.0 Å². The highest BCUT2D eigenvalue weighted by Gasteiger charge is 2.33. The maximum absolute atomic E-state index is 10.1. The molecule has 0 aromatic carbocycles. The molecule has 16 heavy (non-hydrogen) atoms. The summed E-state index contributed by atoms with van der Waals surface area (Å²) in [4.78, 5) is 5.47. The summed E-state index contributed by atoms with van der Waals surface area (Å²) in [7, 11) is 2.10. The molecule has 0 unspecified atom stereocenters. The van der Waals surface area contributed by atoms with Crippen LogP contribution < -0.4 is 10.6 Å². The van der Waals surface area contributed by atoms with Gasteiger partial charge in [0.25, 0.3) is 0 Å². The Morgan fingerprint density at radius 2 is 2.25 bits per heavy atom. The summed E-state index contributed by atoms with van der Waals surface area (Å²) < 4.78 is 0. The monoisotopic (exact) mass is 223 g/mol. The van der Waals surface area contributed by atoms with Gasteiger partial charge in [0.1, 0.15) is 5.82 Å². The Hall–Kier alpha value is -1.00. The van der Waals surface area contributed by atoms with Crippen LogP contribution >= 0.6 is 0 Å². The molecule has 0 amide bonds. The first-order valence-corrected chi connectivity index (χ1v) is 5.93. The average molecular weight is 223 g/mol. The fourth-order valence-electron chi connectivity index (χ4n) is 2.47. The standard InChI is InChI=1S/C12H21N3O/c1-15(11-3-2-8-14-11)10-4-6-12(16,9-13)7-5-10/h2-3,8,10,14,16H,4-7,9,13H2,1H3. The third-order valence-corrected chi connectivity index (χ3v) is 3.78. The number of H-pyrrole nitrogens is 1. The molecule has 4 nitrogen and oxygen atoms in total. The van der Waals surface area contributed by atoms with E-state index >= 15 is 0 Å². The third kappa shape index (κ3) is 2.23. The second-order valence-corrected chi connectivity index (χ2v) is 4.83. The first-order chi connectivity index (χ1) is 7.64. The molecule has 0 spiro atoms. The minimum atomic E-state index is -0.618. The molecule has 1 aliphatic rings. The van der Waals surface area contributed by atoms with Crippen molar-refractivity contribution in [2.45, 2.75) is 37.3 Å². The molecular formula is C12H21N3O. The zero-order valence-corrected chi connectivity index (χ0v) is 9.82. The lowest BCUT2D eigenvalue weighted by Crippen LogP contribution is -2.46. The van der Waals surface area contributed by atoms with E-state index in [-0.39, 0.29) is 0 Å². The van der Waals surface area contributed by atoms with E-state index in [0.29, 0.717) is 12.6 Å². The van der Waals surface area contributed by atoms with Crippen LogP contribution in [0.3, 0.4) is 0 Å². The number of rotatable bonds is 3. The van der Waals surface area contributed by atoms with E-state index in [4.69, 9.17) is 5.73 Å². The first-order valence-electron chi connectivity index (χ1n) is 5.93. The van der Waals surface area contributed by atoms with Crippen molar-refractivity contribution in [1.29, 1.82) is 0 Å². The van der Waals surface area contributed by atoms with Gasteiger partial charge in [-0.2, -0.15) is 0 Å². The first kappa shape index (κ1) is 11.5. The number of aromatic amines is 1. The largest absolute Gasteiger partial charge is 0.389 e. The van der Waals surface area contributed by atoms with Crippen molar-refractivity contribution in [1.82, 2.24) is 4.98 Å². The van der Waals surface area contributed by atoms with Crippen molar-refractivity contribution in [3.63, 3.8) is 0 Å². The smallest absolute Gasteiger partial charge is 0.105 e. The lowest BCUT2D eigenvalue weighted by Gasteiger charge is -2.39. The van der Waals surface area contributed by atoms with Gasteiger partial charge in [-0.25, -0.2) is 0 Å². The number of aromatic nitrogens is 1. The van der Waals surface area contributed by atoms with Gasteiger partial charge in [0.15, 0.2) is 0 Å². The molecule has 0 bridgehead atoms. The Bertz CT molecular complexity index is 315. The predicted octanol–water partition coefficient (Wildman–Crippen LogP) is 1.08. The molecule has 0 saturated heterocycles. The zero-order valence-electron chi connectivity index (χ0n) is 9.82. The minimum Gasteiger partial charge on any atom is -0.389 e. The van der Waals surface area contributed by atoms with Crippen molar-refractivity contribution >= 4 is 5.82 Å². The lowest BCUT2D eigenvalue weighted by molar-refractivity contribution is 0.00795. The van der Waals surface area contributed by atoms with Gasteiger partial charge >= 0.3 is 0 Å². The number of nitrogens with zero attached hydrogens (tertiary/aromatic N) is 1. The van der Waals surface area contributed by atoms with Crippen molar-refractivity contribution < 1.29 is 5.11 Å². The van der Waals surface area contributed by atoms with Gasteiger partial charge in [-0.05, 0) is 37.8 Å². The summed E-state index contributed by atoms with van der Waals surface area (Å²) in [6, 6.07) is 4.58. The van der Waals surface area contributed by atoms with Crippen LogP contribution in [0.4, 0.5) is 5.82 Å². The molecule has 0 aliphatic heterocycles. The van der Waals surface area contributed by atoms with Crippen LogP contribution in [-0.4, -0.2) is 35.3 Å². The molecular weight excluding hydrogens is 202 g/mol. The Morgan fingerprint density at radius 1 is 1.56 bits per heavy atom. The molecule has 1 saturated carbocycles. The van der Waals surface area contributed by atoms with Crippen LogP contribution in [0.2, 0.25) is 0 Å². The SMILES string of the molecule is CN(c1ccc[nH]1)C1CCC(O)(CN)CC1. The van der Waals surface area contributed by atoms with Crippen LogP contribution in [0, 0.1) is 0 Å². The normalized spacial score (nSPS) is 30.3. The second kappa shape index (κ2) is 4.47. The van der Waals surface area contributed by atoms with Crippen molar-refractivity contribution in [2.24, 2.45) is 5.73 Å². The van der Waals surface area contributed by atoms with Crippen LogP contribution in [0.5, 0.6) is 0 Å². The van der Waals surface area contributed by atoms with Crippen LogP contribution in [-0.2, 0) is 0 Å². The Balaban J connectivity index is 1.94. The molecule has 0 atom stereocenters. The Kier molecular flexibility index (Phi) is 3.21. The zero-order chi connectivity index (χ0) is 11.6. The van der Waals surface area contributed by atoms with E-state index in [1.54, 1.807) is 0 Å². The molecule has 1 aromatic heterocycles. The van der Waals surface area contributed by atoms with E-state index in [1.165, 1.54) is 0 Å². The highest BCUT2D eigenvalue weighted by atomic mass is 16.3. The van der Waals surface area contributed by atoms with Gasteiger partial charge in [-0.3, -0.25) is 0 Å². The van der Waals surface area contributed by atoms with Gasteiger partial charge in [-0.1, -0.05) is 0 Å². The van der Waals surface area contributed by atoms with Gasteiger partial charge in [0, 0.05) is 25.8 Å². The van der Waals surface area contributed by atoms with Gasteiger partial charge in [-0.15, -0.1) is 0 Å². The number of anilines is 1. The summed E-state index contributed by atoms with van der Waals surface area (Å²) in [6.07, 6.45) is 5.55. The fourth-order valence-corrected chi connectivity index (χ4v) is 2.47. The topological polar surface area (TPSA) is 65.3 Å². The van der Waals surface area contributed by atoms with Crippen molar-refractivity contribution in [3.05, 3.63) is 18.3 Å². The van der Waals surface area contributed by atoms with E-state index in [0.717, 1.165) is 31.5 Å². The van der Waals surface area contributed by atoms with E-state index in [1.807, 2.05) is 12.3 Å². The van der Waals surface area contributed by atoms with Crippen LogP contribution in [0.15, 0.2) is 18.3 Å². The van der Waals surface area contributed by atoms with E-state index < -0.39 is 5.60 Å². The number of nitrogens with one attached hydrogen (secondary N) is 1. The van der Waals surface area contributed by atoms with Crippen LogP contribution in [0.1, 0.15) is 25.7 Å². The quantitative estimate of drug-likeness (QED) is 0.718. The summed E-state index contributed by atoms with van der Waals surface area (Å²) in [6.45, 7) is 0.381. The summed E-state index contributed by atoms with van der Waals surface area (Å²) in [5, 5.41) is 10.1. The Labute approximate surface area is 96.4 Å². The molecule has 1 aromatic rings. The molecule has 4 N–H and O–H groups in total. The summed E-state index contributed by atoms with van der Waals surface area (Å²) >= 11 is 0. The second-order valence-electron chi connectivity index (χ2n) is 4.83. The van der Waals surface area contributed by atoms with Gasteiger partial charge in [0.05, 0.1) is 5.60 Å². The van der Waals surface area contributed by atoms with Crippen molar-refractivity contribution in [2.75, 3.05) is 18.5 Å². The highest BCUT2D eigenvalue weighted by Crippen LogP contribution is 2.31. The van der Waals surface area contributed by atoms with Crippen LogP contribution in [0.25, 0.3) is 0 Å². The van der Waals surface area contributed by atoms with Crippen molar-refractivity contribution in [3.8, 4) is 0 Å². The molecule has 2 rings (SSSR count). The lowest BCUT2D eigenvalue weighted by atomic mass is 9.82. The fraction of sp³-hybridized carbons (Fsp3) is 0.667. The predicted molar refractivity (Wildman–Crippen MR) is 65.5 cm³/mol. The van der Waals surface area contributed by atoms with E-state index in [9.17, 15) is 5.11 Å². The molecule has 4 heteroatoms. The number of nitrogens with two attached hydrogens (primary N) is 1. The molecule has 1 fully saturated rings. The van der Waals surface area contributed by atoms with Gasteiger partial charge < -0.3 is 20.7 Å². The number of aliphatic hydroxyl groups is 1. The summed E-state index contributed by atoms with van der Waals surface area (Å²) in [5.41, 5.74) is 4.97. The molecule has 1 aliphatic carbocycles. The summed E-state index contributed by atoms with van der Waals surface area (Å²) in [5.74, 6) is 1.14. The highest BCUT2D eigenvalue weighted by molar-refractivity contribution is 5.38. The maximum atomic E-state index is 10.1. The average Bonchev–Trinajstić information content (AvgIpc) is 2.83. The minimum absolute atomic E-state index is 0.381. The molecule has 0 radical (unpaired) electrons. The maximum Gasteiger partial charge on any atom is 0.105 e. The molecule has 1 heterocycles. The third-order valence-electron chi connectivity index (χ3n) is 3.78. The number of hydrogen-bond donors (Lipinski definition) is 3. The molecule has 90 valence electrons. The number of hydrogen-bond acceptors (Lipinski definition) is 3. The Morgan fingerprint density at radius 3 is 2.75 bits per heavy atom.